The number of carbonyl (C=O) groups excluding carboxylic acids is 1. The molecule has 3 nitrogen and oxygen atoms in total. The van der Waals surface area contributed by atoms with Gasteiger partial charge in [-0.25, -0.2) is 14.2 Å². The number of cyclic esters (lactones) is 1. The molecule has 1 aliphatic rings. The van der Waals surface area contributed by atoms with Crippen molar-refractivity contribution in [2.24, 2.45) is 4.99 Å². The van der Waals surface area contributed by atoms with Crippen molar-refractivity contribution in [2.75, 3.05) is 0 Å². The monoisotopic (exact) mass is 301 g/mol. The Kier molecular flexibility index (Phi) is 3.54. The molecule has 2 aromatic carbocycles. The molecule has 0 bridgehead atoms. The lowest BCUT2D eigenvalue weighted by atomic mass is 10.2. The third-order valence-electron chi connectivity index (χ3n) is 2.88. The van der Waals surface area contributed by atoms with Crippen LogP contribution in [0.5, 0.6) is 0 Å². The largest absolute Gasteiger partial charge is 0.402 e. The van der Waals surface area contributed by atoms with Gasteiger partial charge < -0.3 is 4.74 Å². The van der Waals surface area contributed by atoms with Crippen LogP contribution < -0.4 is 0 Å². The van der Waals surface area contributed by atoms with Crippen molar-refractivity contribution in [3.63, 3.8) is 0 Å². The minimum atomic E-state index is -0.589. The molecular weight excluding hydrogens is 293 g/mol. The van der Waals surface area contributed by atoms with Gasteiger partial charge in [0.15, 0.2) is 5.70 Å². The van der Waals surface area contributed by atoms with E-state index in [2.05, 4.69) is 4.99 Å². The van der Waals surface area contributed by atoms with Crippen molar-refractivity contribution in [3.8, 4) is 0 Å². The first-order valence-electron chi connectivity index (χ1n) is 6.16. The van der Waals surface area contributed by atoms with E-state index in [1.807, 2.05) is 0 Å². The molecular formula is C16H9ClFNO2. The lowest BCUT2D eigenvalue weighted by molar-refractivity contribution is -0.129. The van der Waals surface area contributed by atoms with Crippen LogP contribution >= 0.6 is 11.6 Å². The lowest BCUT2D eigenvalue weighted by Gasteiger charge is -2.00. The molecule has 0 atom stereocenters. The van der Waals surface area contributed by atoms with Crippen LogP contribution in [-0.4, -0.2) is 11.9 Å². The number of benzene rings is 2. The Labute approximate surface area is 125 Å². The molecule has 0 aromatic heterocycles. The third kappa shape index (κ3) is 2.85. The van der Waals surface area contributed by atoms with Gasteiger partial charge >= 0.3 is 5.97 Å². The fourth-order valence-corrected chi connectivity index (χ4v) is 2.13. The van der Waals surface area contributed by atoms with Crippen molar-refractivity contribution < 1.29 is 13.9 Å². The number of hydrogen-bond acceptors (Lipinski definition) is 3. The van der Waals surface area contributed by atoms with Gasteiger partial charge in [-0.3, -0.25) is 0 Å². The van der Waals surface area contributed by atoms with Crippen LogP contribution in [0.3, 0.4) is 0 Å². The maximum absolute atomic E-state index is 13.1. The zero-order valence-corrected chi connectivity index (χ0v) is 11.5. The fraction of sp³-hybridized carbons (Fsp3) is 0. The highest BCUT2D eigenvalue weighted by atomic mass is 35.5. The second-order valence-corrected chi connectivity index (χ2v) is 4.78. The third-order valence-corrected chi connectivity index (χ3v) is 3.21. The molecule has 5 heteroatoms. The molecule has 0 amide bonds. The zero-order chi connectivity index (χ0) is 14.8. The van der Waals surface area contributed by atoms with Crippen molar-refractivity contribution in [1.82, 2.24) is 0 Å². The van der Waals surface area contributed by atoms with Crippen LogP contribution in [0.25, 0.3) is 6.08 Å². The highest BCUT2D eigenvalue weighted by Crippen LogP contribution is 2.23. The Morgan fingerprint density at radius 2 is 1.95 bits per heavy atom. The molecule has 3 rings (SSSR count). The van der Waals surface area contributed by atoms with E-state index in [9.17, 15) is 9.18 Å². The first-order valence-corrected chi connectivity index (χ1v) is 6.54. The van der Waals surface area contributed by atoms with E-state index in [0.717, 1.165) is 0 Å². The quantitative estimate of drug-likeness (QED) is 0.625. The number of ether oxygens (including phenoxy) is 1. The van der Waals surface area contributed by atoms with Crippen molar-refractivity contribution in [3.05, 3.63) is 76.2 Å². The number of carbonyl (C=O) groups is 1. The van der Waals surface area contributed by atoms with Crippen LogP contribution in [0.4, 0.5) is 4.39 Å². The molecule has 1 heterocycles. The van der Waals surface area contributed by atoms with Crippen molar-refractivity contribution in [1.29, 1.82) is 0 Å². The van der Waals surface area contributed by atoms with Gasteiger partial charge in [0.2, 0.25) is 5.90 Å². The summed E-state index contributed by atoms with van der Waals surface area (Å²) < 4.78 is 18.2. The number of halogens is 2. The van der Waals surface area contributed by atoms with E-state index in [0.29, 0.717) is 16.1 Å². The van der Waals surface area contributed by atoms with E-state index in [4.69, 9.17) is 16.3 Å². The van der Waals surface area contributed by atoms with Crippen molar-refractivity contribution in [2.45, 2.75) is 0 Å². The van der Waals surface area contributed by atoms with E-state index in [1.165, 1.54) is 18.2 Å². The van der Waals surface area contributed by atoms with E-state index < -0.39 is 5.97 Å². The Morgan fingerprint density at radius 3 is 2.71 bits per heavy atom. The van der Waals surface area contributed by atoms with E-state index in [1.54, 1.807) is 36.4 Å². The Bertz CT molecular complexity index is 783. The summed E-state index contributed by atoms with van der Waals surface area (Å²) in [6, 6.07) is 12.8. The summed E-state index contributed by atoms with van der Waals surface area (Å²) in [4.78, 5) is 15.9. The number of hydrogen-bond donors (Lipinski definition) is 0. The molecule has 0 spiro atoms. The van der Waals surface area contributed by atoms with Gasteiger partial charge in [0.05, 0.1) is 10.6 Å². The second kappa shape index (κ2) is 5.50. The fourth-order valence-electron chi connectivity index (χ4n) is 1.91. The summed E-state index contributed by atoms with van der Waals surface area (Å²) in [5.74, 6) is -0.826. The predicted molar refractivity (Wildman–Crippen MR) is 78.5 cm³/mol. The van der Waals surface area contributed by atoms with Crippen LogP contribution in [0.1, 0.15) is 11.1 Å². The van der Waals surface area contributed by atoms with Gasteiger partial charge in [0.25, 0.3) is 0 Å². The molecule has 104 valence electrons. The number of rotatable bonds is 2. The Hall–Kier alpha value is -2.46. The smallest absolute Gasteiger partial charge is 0.363 e. The highest BCUT2D eigenvalue weighted by molar-refractivity contribution is 6.34. The second-order valence-electron chi connectivity index (χ2n) is 4.37. The van der Waals surface area contributed by atoms with Crippen LogP contribution in [0, 0.1) is 5.82 Å². The van der Waals surface area contributed by atoms with Crippen molar-refractivity contribution >= 4 is 29.5 Å². The minimum Gasteiger partial charge on any atom is -0.402 e. The summed E-state index contributed by atoms with van der Waals surface area (Å²) in [5, 5.41) is 0.441. The standard InChI is InChI=1S/C16H9ClFNO2/c17-13-7-2-1-6-12(13)15-19-14(16(20)21-15)9-10-4-3-5-11(18)8-10/h1-9H/b14-9-. The zero-order valence-electron chi connectivity index (χ0n) is 10.7. The van der Waals surface area contributed by atoms with Gasteiger partial charge in [-0.1, -0.05) is 35.9 Å². The predicted octanol–water partition coefficient (Wildman–Crippen LogP) is 3.82. The molecule has 1 aliphatic heterocycles. The SMILES string of the molecule is O=C1OC(c2ccccc2Cl)=N/C1=C\c1cccc(F)c1. The van der Waals surface area contributed by atoms with Crippen LogP contribution in [0.2, 0.25) is 5.02 Å². The van der Waals surface area contributed by atoms with Crippen LogP contribution in [0.15, 0.2) is 59.2 Å². The number of aliphatic imine (C=N–C) groups is 1. The maximum atomic E-state index is 13.1. The van der Waals surface area contributed by atoms with Gasteiger partial charge in [0, 0.05) is 0 Å². The molecule has 0 aliphatic carbocycles. The van der Waals surface area contributed by atoms with Gasteiger partial charge in [-0.15, -0.1) is 0 Å². The van der Waals surface area contributed by atoms with E-state index in [-0.39, 0.29) is 17.4 Å². The van der Waals surface area contributed by atoms with Gasteiger partial charge in [0.1, 0.15) is 5.82 Å². The summed E-state index contributed by atoms with van der Waals surface area (Å²) in [7, 11) is 0. The molecule has 0 saturated carbocycles. The molecule has 0 saturated heterocycles. The molecule has 0 radical (unpaired) electrons. The molecule has 0 N–H and O–H groups in total. The Morgan fingerprint density at radius 1 is 1.14 bits per heavy atom. The molecule has 21 heavy (non-hydrogen) atoms. The minimum absolute atomic E-state index is 0.107. The summed E-state index contributed by atoms with van der Waals surface area (Å²) >= 11 is 6.04. The van der Waals surface area contributed by atoms with Gasteiger partial charge in [-0.05, 0) is 35.9 Å². The molecule has 2 aromatic rings. The first kappa shape index (κ1) is 13.5. The lowest BCUT2D eigenvalue weighted by Crippen LogP contribution is -2.05. The normalized spacial score (nSPS) is 16.0. The van der Waals surface area contributed by atoms with E-state index >= 15 is 0 Å². The highest BCUT2D eigenvalue weighted by Gasteiger charge is 2.25. The summed E-state index contributed by atoms with van der Waals surface area (Å²) in [6.45, 7) is 0. The molecule has 0 fully saturated rings. The first-order chi connectivity index (χ1) is 10.1. The summed E-state index contributed by atoms with van der Waals surface area (Å²) in [5.41, 5.74) is 1.18. The van der Waals surface area contributed by atoms with Crippen LogP contribution in [-0.2, 0) is 9.53 Å². The van der Waals surface area contributed by atoms with Gasteiger partial charge in [-0.2, -0.15) is 0 Å². The number of nitrogens with zero attached hydrogens (tertiary/aromatic N) is 1. The average Bonchev–Trinajstić information content (AvgIpc) is 2.80. The average molecular weight is 302 g/mol. The number of esters is 1. The molecule has 0 unspecified atom stereocenters. The topological polar surface area (TPSA) is 38.7 Å². The summed E-state index contributed by atoms with van der Waals surface area (Å²) in [6.07, 6.45) is 1.47. The maximum Gasteiger partial charge on any atom is 0.363 e. The Balaban J connectivity index is 1.98.